The van der Waals surface area contributed by atoms with Crippen molar-refractivity contribution >= 4 is 5.97 Å². The smallest absolute Gasteiger partial charge is 0.323 e. The lowest BCUT2D eigenvalue weighted by Crippen LogP contribution is -2.47. The van der Waals surface area contributed by atoms with Gasteiger partial charge < -0.3 is 20.6 Å². The van der Waals surface area contributed by atoms with Crippen LogP contribution in [-0.2, 0) is 4.79 Å². The molecule has 0 aromatic heterocycles. The van der Waals surface area contributed by atoms with E-state index in [1.807, 2.05) is 0 Å². The summed E-state index contributed by atoms with van der Waals surface area (Å²) in [5.41, 5.74) is 4.63. The molecular formula is C13H27N3O2. The maximum atomic E-state index is 10.9. The number of piperidine rings is 1. The molecule has 1 aliphatic heterocycles. The van der Waals surface area contributed by atoms with Crippen molar-refractivity contribution in [2.45, 2.75) is 44.2 Å². The van der Waals surface area contributed by atoms with Gasteiger partial charge >= 0.3 is 5.97 Å². The van der Waals surface area contributed by atoms with Gasteiger partial charge in [-0.1, -0.05) is 0 Å². The number of rotatable bonds is 6. The molecule has 1 saturated heterocycles. The topological polar surface area (TPSA) is 69.8 Å². The summed E-state index contributed by atoms with van der Waals surface area (Å²) < 4.78 is 0. The summed E-state index contributed by atoms with van der Waals surface area (Å²) in [5, 5.41) is 8.94. The number of nitrogens with zero attached hydrogens (tertiary/aromatic N) is 2. The number of carboxylic acids is 1. The van der Waals surface area contributed by atoms with E-state index >= 15 is 0 Å². The molecule has 0 amide bonds. The molecule has 5 nitrogen and oxygen atoms in total. The van der Waals surface area contributed by atoms with E-state index in [4.69, 9.17) is 10.8 Å². The summed E-state index contributed by atoms with van der Waals surface area (Å²) in [6.45, 7) is 4.79. The Morgan fingerprint density at radius 1 is 1.61 bits per heavy atom. The summed E-state index contributed by atoms with van der Waals surface area (Å²) in [6.07, 6.45) is 3.83. The van der Waals surface area contributed by atoms with Gasteiger partial charge in [-0.05, 0) is 59.8 Å². The van der Waals surface area contributed by atoms with E-state index in [1.165, 1.54) is 19.4 Å². The number of carbonyl (C=O) groups is 1. The van der Waals surface area contributed by atoms with E-state index in [1.54, 1.807) is 6.92 Å². The highest BCUT2D eigenvalue weighted by Crippen LogP contribution is 2.15. The molecule has 0 bridgehead atoms. The molecule has 1 rings (SSSR count). The third-order valence-corrected chi connectivity index (χ3v) is 3.92. The van der Waals surface area contributed by atoms with E-state index in [0.29, 0.717) is 12.5 Å². The fourth-order valence-electron chi connectivity index (χ4n) is 2.48. The maximum Gasteiger partial charge on any atom is 0.323 e. The van der Waals surface area contributed by atoms with Crippen LogP contribution in [0.4, 0.5) is 0 Å². The fourth-order valence-corrected chi connectivity index (χ4v) is 2.48. The van der Waals surface area contributed by atoms with Crippen LogP contribution >= 0.6 is 0 Å². The maximum absolute atomic E-state index is 10.9. The van der Waals surface area contributed by atoms with E-state index in [-0.39, 0.29) is 0 Å². The largest absolute Gasteiger partial charge is 0.480 e. The van der Waals surface area contributed by atoms with Gasteiger partial charge in [-0.2, -0.15) is 0 Å². The van der Waals surface area contributed by atoms with Crippen molar-refractivity contribution in [2.24, 2.45) is 5.73 Å². The fraction of sp³-hybridized carbons (Fsp3) is 0.923. The summed E-state index contributed by atoms with van der Waals surface area (Å²) in [4.78, 5) is 15.6. The molecule has 3 N–H and O–H groups in total. The molecule has 0 spiro atoms. The first-order chi connectivity index (χ1) is 8.33. The summed E-state index contributed by atoms with van der Waals surface area (Å²) in [6, 6.07) is 0.595. The van der Waals surface area contributed by atoms with Crippen LogP contribution in [0, 0.1) is 0 Å². The normalized spacial score (nSPS) is 25.1. The van der Waals surface area contributed by atoms with Crippen molar-refractivity contribution in [3.05, 3.63) is 0 Å². The van der Waals surface area contributed by atoms with Crippen LogP contribution < -0.4 is 5.73 Å². The lowest BCUT2D eigenvalue weighted by molar-refractivity contribution is -0.142. The molecule has 0 aromatic rings. The molecule has 1 aliphatic rings. The zero-order chi connectivity index (χ0) is 13.8. The molecule has 1 heterocycles. The Morgan fingerprint density at radius 2 is 2.28 bits per heavy atom. The highest BCUT2D eigenvalue weighted by molar-refractivity contribution is 5.77. The number of carboxylic acid groups (broad SMARTS) is 1. The van der Waals surface area contributed by atoms with E-state index < -0.39 is 11.5 Å². The zero-order valence-corrected chi connectivity index (χ0v) is 11.9. The van der Waals surface area contributed by atoms with E-state index in [9.17, 15) is 4.79 Å². The van der Waals surface area contributed by atoms with Gasteiger partial charge in [-0.3, -0.25) is 4.79 Å². The minimum atomic E-state index is -1.09. The first-order valence-corrected chi connectivity index (χ1v) is 6.74. The number of aliphatic carboxylic acids is 1. The quantitative estimate of drug-likeness (QED) is 0.729. The van der Waals surface area contributed by atoms with Crippen molar-refractivity contribution in [3.8, 4) is 0 Å². The predicted octanol–water partition coefficient (Wildman–Crippen LogP) is 0.595. The second-order valence-electron chi connectivity index (χ2n) is 5.87. The minimum Gasteiger partial charge on any atom is -0.480 e. The first-order valence-electron chi connectivity index (χ1n) is 6.74. The summed E-state index contributed by atoms with van der Waals surface area (Å²) >= 11 is 0. The molecule has 2 atom stereocenters. The van der Waals surface area contributed by atoms with E-state index in [0.717, 1.165) is 19.5 Å². The molecule has 1 fully saturated rings. The first kappa shape index (κ1) is 15.4. The molecule has 2 unspecified atom stereocenters. The SMILES string of the molecule is CN1CCCC(N(C)CCCC(C)(N)C(=O)O)C1. The second kappa shape index (κ2) is 6.50. The predicted molar refractivity (Wildman–Crippen MR) is 72.6 cm³/mol. The monoisotopic (exact) mass is 257 g/mol. The summed E-state index contributed by atoms with van der Waals surface area (Å²) in [5.74, 6) is -0.914. The van der Waals surface area contributed by atoms with Crippen LogP contribution in [0.1, 0.15) is 32.6 Å². The van der Waals surface area contributed by atoms with Crippen LogP contribution in [0.25, 0.3) is 0 Å². The lowest BCUT2D eigenvalue weighted by Gasteiger charge is -2.36. The van der Waals surface area contributed by atoms with Gasteiger partial charge in [-0.25, -0.2) is 0 Å². The Morgan fingerprint density at radius 3 is 2.83 bits per heavy atom. The highest BCUT2D eigenvalue weighted by atomic mass is 16.4. The van der Waals surface area contributed by atoms with Gasteiger partial charge in [-0.15, -0.1) is 0 Å². The third-order valence-electron chi connectivity index (χ3n) is 3.92. The number of nitrogens with two attached hydrogens (primary N) is 1. The van der Waals surface area contributed by atoms with Crippen LogP contribution in [0.5, 0.6) is 0 Å². The number of hydrogen-bond acceptors (Lipinski definition) is 4. The van der Waals surface area contributed by atoms with Crippen LogP contribution in [0.15, 0.2) is 0 Å². The molecule has 0 aromatic carbocycles. The molecule has 106 valence electrons. The zero-order valence-electron chi connectivity index (χ0n) is 11.9. The standard InChI is InChI=1S/C13H27N3O2/c1-13(14,12(17)18)7-5-9-16(3)11-6-4-8-15(2)10-11/h11H,4-10,14H2,1-3H3,(H,17,18). The molecule has 0 aliphatic carbocycles. The van der Waals surface area contributed by atoms with Crippen LogP contribution in [-0.4, -0.2) is 66.2 Å². The molecule has 0 saturated carbocycles. The highest BCUT2D eigenvalue weighted by Gasteiger charge is 2.28. The van der Waals surface area contributed by atoms with Gasteiger partial charge in [0.2, 0.25) is 0 Å². The van der Waals surface area contributed by atoms with Crippen molar-refractivity contribution in [1.82, 2.24) is 9.80 Å². The average Bonchev–Trinajstić information content (AvgIpc) is 2.28. The Hall–Kier alpha value is -0.650. The Kier molecular flexibility index (Phi) is 5.56. The minimum absolute atomic E-state index is 0.523. The van der Waals surface area contributed by atoms with Crippen LogP contribution in [0.3, 0.4) is 0 Å². The van der Waals surface area contributed by atoms with Gasteiger partial charge in [0.05, 0.1) is 0 Å². The molecular weight excluding hydrogens is 230 g/mol. The average molecular weight is 257 g/mol. The Labute approximate surface area is 110 Å². The molecule has 0 radical (unpaired) electrons. The number of likely N-dealkylation sites (N-methyl/N-ethyl adjacent to an activating group) is 2. The number of likely N-dealkylation sites (tertiary alicyclic amines) is 1. The Bertz CT molecular complexity index is 281. The third kappa shape index (κ3) is 4.55. The van der Waals surface area contributed by atoms with Crippen LogP contribution in [0.2, 0.25) is 0 Å². The van der Waals surface area contributed by atoms with Crippen molar-refractivity contribution < 1.29 is 9.90 Å². The van der Waals surface area contributed by atoms with E-state index in [2.05, 4.69) is 23.9 Å². The van der Waals surface area contributed by atoms with Gasteiger partial charge in [0.15, 0.2) is 0 Å². The Balaban J connectivity index is 2.28. The number of hydrogen-bond donors (Lipinski definition) is 2. The molecule has 5 heteroatoms. The molecule has 18 heavy (non-hydrogen) atoms. The van der Waals surface area contributed by atoms with Gasteiger partial charge in [0.25, 0.3) is 0 Å². The van der Waals surface area contributed by atoms with Gasteiger partial charge in [0, 0.05) is 12.6 Å². The van der Waals surface area contributed by atoms with Crippen molar-refractivity contribution in [3.63, 3.8) is 0 Å². The summed E-state index contributed by atoms with van der Waals surface area (Å²) in [7, 11) is 4.28. The second-order valence-corrected chi connectivity index (χ2v) is 5.87. The van der Waals surface area contributed by atoms with Gasteiger partial charge in [0.1, 0.15) is 5.54 Å². The van der Waals surface area contributed by atoms with Crippen molar-refractivity contribution in [2.75, 3.05) is 33.7 Å². The van der Waals surface area contributed by atoms with Crippen molar-refractivity contribution in [1.29, 1.82) is 0 Å². The lowest BCUT2D eigenvalue weighted by atomic mass is 9.97.